The minimum absolute atomic E-state index is 0.204. The standard InChI is InChI=1S/C13H12ClN5O/c1-20-10-3-2-8(6-16-10)7-17-12-9-4-5-15-11(9)18-13(14)19-12/h2-6H,7H2,1H3,(H2,15,17,18,19). The van der Waals surface area contributed by atoms with E-state index in [4.69, 9.17) is 16.3 Å². The molecule has 0 fully saturated rings. The Morgan fingerprint density at radius 1 is 1.30 bits per heavy atom. The Kier molecular flexibility index (Phi) is 3.39. The molecule has 0 saturated carbocycles. The minimum atomic E-state index is 0.204. The van der Waals surface area contributed by atoms with Crippen LogP contribution in [0.25, 0.3) is 11.0 Å². The van der Waals surface area contributed by atoms with Crippen LogP contribution in [0.2, 0.25) is 5.28 Å². The third-order valence-corrected chi connectivity index (χ3v) is 3.02. The Balaban J connectivity index is 1.80. The molecule has 0 aromatic carbocycles. The number of hydrogen-bond acceptors (Lipinski definition) is 5. The Hall–Kier alpha value is -2.34. The highest BCUT2D eigenvalue weighted by molar-refractivity contribution is 6.28. The second-order valence-electron chi connectivity index (χ2n) is 4.14. The first-order valence-electron chi connectivity index (χ1n) is 5.99. The fraction of sp³-hybridized carbons (Fsp3) is 0.154. The second-order valence-corrected chi connectivity index (χ2v) is 4.48. The molecule has 0 aliphatic heterocycles. The van der Waals surface area contributed by atoms with Crippen molar-refractivity contribution >= 4 is 28.5 Å². The van der Waals surface area contributed by atoms with Crippen LogP contribution in [0.4, 0.5) is 5.82 Å². The minimum Gasteiger partial charge on any atom is -0.481 e. The van der Waals surface area contributed by atoms with Gasteiger partial charge < -0.3 is 15.0 Å². The first-order valence-corrected chi connectivity index (χ1v) is 6.37. The number of rotatable bonds is 4. The predicted molar refractivity (Wildman–Crippen MR) is 77.0 cm³/mol. The van der Waals surface area contributed by atoms with Gasteiger partial charge in [-0.05, 0) is 23.2 Å². The summed E-state index contributed by atoms with van der Waals surface area (Å²) in [5.41, 5.74) is 1.73. The van der Waals surface area contributed by atoms with Gasteiger partial charge in [-0.3, -0.25) is 0 Å². The maximum Gasteiger partial charge on any atom is 0.226 e. The van der Waals surface area contributed by atoms with Crippen LogP contribution in [0.5, 0.6) is 5.88 Å². The number of anilines is 1. The number of ether oxygens (including phenoxy) is 1. The van der Waals surface area contributed by atoms with E-state index < -0.39 is 0 Å². The zero-order valence-corrected chi connectivity index (χ0v) is 11.5. The third-order valence-electron chi connectivity index (χ3n) is 2.86. The number of H-pyrrole nitrogens is 1. The topological polar surface area (TPSA) is 75.7 Å². The zero-order chi connectivity index (χ0) is 13.9. The molecule has 3 heterocycles. The molecular weight excluding hydrogens is 278 g/mol. The molecular formula is C13H12ClN5O. The molecule has 0 saturated heterocycles. The van der Waals surface area contributed by atoms with Crippen molar-refractivity contribution < 1.29 is 4.74 Å². The lowest BCUT2D eigenvalue weighted by atomic mass is 10.3. The molecule has 0 atom stereocenters. The van der Waals surface area contributed by atoms with E-state index in [-0.39, 0.29) is 5.28 Å². The molecule has 0 spiro atoms. The molecule has 6 nitrogen and oxygen atoms in total. The summed E-state index contributed by atoms with van der Waals surface area (Å²) in [6.07, 6.45) is 3.55. The second kappa shape index (κ2) is 5.34. The van der Waals surface area contributed by atoms with E-state index in [0.717, 1.165) is 10.9 Å². The molecule has 0 aliphatic carbocycles. The number of aromatic nitrogens is 4. The monoisotopic (exact) mass is 289 g/mol. The molecule has 7 heteroatoms. The molecule has 102 valence electrons. The highest BCUT2D eigenvalue weighted by Gasteiger charge is 2.07. The molecule has 0 aliphatic rings. The zero-order valence-electron chi connectivity index (χ0n) is 10.7. The van der Waals surface area contributed by atoms with Gasteiger partial charge in [-0.1, -0.05) is 6.07 Å². The Morgan fingerprint density at radius 2 is 2.20 bits per heavy atom. The van der Waals surface area contributed by atoms with Crippen LogP contribution in [0, 0.1) is 0 Å². The maximum absolute atomic E-state index is 5.89. The molecule has 0 radical (unpaired) electrons. The molecule has 3 rings (SSSR count). The van der Waals surface area contributed by atoms with Crippen molar-refractivity contribution in [3.8, 4) is 5.88 Å². The Bertz CT molecular complexity index is 725. The van der Waals surface area contributed by atoms with Gasteiger partial charge in [-0.25, -0.2) is 9.97 Å². The predicted octanol–water partition coefficient (Wildman–Crippen LogP) is 2.63. The number of hydrogen-bond donors (Lipinski definition) is 2. The lowest BCUT2D eigenvalue weighted by Crippen LogP contribution is -2.03. The SMILES string of the molecule is COc1ccc(CNc2nc(Cl)nc3[nH]ccc23)cn1. The van der Waals surface area contributed by atoms with Gasteiger partial charge in [0, 0.05) is 25.0 Å². The fourth-order valence-electron chi connectivity index (χ4n) is 1.87. The normalized spacial score (nSPS) is 10.7. The van der Waals surface area contributed by atoms with Crippen molar-refractivity contribution in [3.63, 3.8) is 0 Å². The average molecular weight is 290 g/mol. The van der Waals surface area contributed by atoms with Crippen LogP contribution in [0.1, 0.15) is 5.56 Å². The highest BCUT2D eigenvalue weighted by Crippen LogP contribution is 2.21. The van der Waals surface area contributed by atoms with Crippen molar-refractivity contribution in [3.05, 3.63) is 41.4 Å². The Morgan fingerprint density at radius 3 is 2.95 bits per heavy atom. The first kappa shape index (κ1) is 12.7. The van der Waals surface area contributed by atoms with E-state index in [2.05, 4.69) is 25.3 Å². The summed E-state index contributed by atoms with van der Waals surface area (Å²) in [4.78, 5) is 15.5. The van der Waals surface area contributed by atoms with Crippen molar-refractivity contribution in [2.45, 2.75) is 6.54 Å². The Labute approximate surface area is 120 Å². The van der Waals surface area contributed by atoms with Gasteiger partial charge in [0.05, 0.1) is 12.5 Å². The van der Waals surface area contributed by atoms with Gasteiger partial charge in [0.1, 0.15) is 11.5 Å². The van der Waals surface area contributed by atoms with Gasteiger partial charge >= 0.3 is 0 Å². The summed E-state index contributed by atoms with van der Waals surface area (Å²) in [6.45, 7) is 0.588. The van der Waals surface area contributed by atoms with E-state index >= 15 is 0 Å². The average Bonchev–Trinajstić information content (AvgIpc) is 2.93. The van der Waals surface area contributed by atoms with E-state index in [1.54, 1.807) is 19.5 Å². The quantitative estimate of drug-likeness (QED) is 0.722. The largest absolute Gasteiger partial charge is 0.481 e. The summed E-state index contributed by atoms with van der Waals surface area (Å²) < 4.78 is 5.02. The molecule has 3 aromatic rings. The third kappa shape index (κ3) is 2.50. The van der Waals surface area contributed by atoms with E-state index in [9.17, 15) is 0 Å². The summed E-state index contributed by atoms with van der Waals surface area (Å²) >= 11 is 5.89. The van der Waals surface area contributed by atoms with Crippen LogP contribution in [-0.2, 0) is 6.54 Å². The van der Waals surface area contributed by atoms with Crippen LogP contribution >= 0.6 is 11.6 Å². The maximum atomic E-state index is 5.89. The van der Waals surface area contributed by atoms with E-state index in [1.807, 2.05) is 18.2 Å². The van der Waals surface area contributed by atoms with E-state index in [1.165, 1.54) is 0 Å². The van der Waals surface area contributed by atoms with Gasteiger partial charge in [0.2, 0.25) is 11.2 Å². The summed E-state index contributed by atoms with van der Waals surface area (Å²) in [6, 6.07) is 5.66. The number of halogens is 1. The van der Waals surface area contributed by atoms with Gasteiger partial charge in [0.25, 0.3) is 0 Å². The van der Waals surface area contributed by atoms with Crippen molar-refractivity contribution in [2.75, 3.05) is 12.4 Å². The lowest BCUT2D eigenvalue weighted by Gasteiger charge is -2.07. The first-order chi connectivity index (χ1) is 9.76. The molecule has 2 N–H and O–H groups in total. The summed E-state index contributed by atoms with van der Waals surface area (Å²) in [5, 5.41) is 4.33. The van der Waals surface area contributed by atoms with Crippen molar-refractivity contribution in [1.29, 1.82) is 0 Å². The lowest BCUT2D eigenvalue weighted by molar-refractivity contribution is 0.397. The number of pyridine rings is 1. The van der Waals surface area contributed by atoms with Gasteiger partial charge in [-0.15, -0.1) is 0 Å². The molecule has 0 unspecified atom stereocenters. The van der Waals surface area contributed by atoms with Gasteiger partial charge in [-0.2, -0.15) is 4.98 Å². The summed E-state index contributed by atoms with van der Waals surface area (Å²) in [5.74, 6) is 1.28. The van der Waals surface area contributed by atoms with Crippen molar-refractivity contribution in [1.82, 2.24) is 19.9 Å². The van der Waals surface area contributed by atoms with Crippen LogP contribution < -0.4 is 10.1 Å². The number of nitrogens with one attached hydrogen (secondary N) is 2. The molecule has 0 bridgehead atoms. The number of aromatic amines is 1. The van der Waals surface area contributed by atoms with Crippen LogP contribution in [0.3, 0.4) is 0 Å². The molecule has 0 amide bonds. The summed E-state index contributed by atoms with van der Waals surface area (Å²) in [7, 11) is 1.59. The van der Waals surface area contributed by atoms with E-state index in [0.29, 0.717) is 23.9 Å². The van der Waals surface area contributed by atoms with Gasteiger partial charge in [0.15, 0.2) is 0 Å². The van der Waals surface area contributed by atoms with Crippen LogP contribution in [0.15, 0.2) is 30.6 Å². The number of fused-ring (bicyclic) bond motifs is 1. The molecule has 3 aromatic heterocycles. The highest BCUT2D eigenvalue weighted by atomic mass is 35.5. The molecule has 20 heavy (non-hydrogen) atoms. The fourth-order valence-corrected chi connectivity index (χ4v) is 2.04. The van der Waals surface area contributed by atoms with Crippen molar-refractivity contribution in [2.24, 2.45) is 0 Å². The van der Waals surface area contributed by atoms with Crippen LogP contribution in [-0.4, -0.2) is 27.0 Å². The smallest absolute Gasteiger partial charge is 0.226 e. The number of nitrogens with zero attached hydrogens (tertiary/aromatic N) is 3. The number of methoxy groups -OCH3 is 1.